The Morgan fingerprint density at radius 1 is 0.500 bits per heavy atom. The number of rotatable bonds is 26. The molecule has 0 aliphatic rings. The fourth-order valence-electron chi connectivity index (χ4n) is 3.86. The molecule has 8 heteroatoms. The van der Waals surface area contributed by atoms with Crippen molar-refractivity contribution >= 4 is 8.60 Å². The molecule has 0 atom stereocenters. The van der Waals surface area contributed by atoms with Gasteiger partial charge in [0, 0.05) is 0 Å². The van der Waals surface area contributed by atoms with Gasteiger partial charge in [0.15, 0.2) is 0 Å². The predicted molar refractivity (Wildman–Crippen MR) is 139 cm³/mol. The third-order valence-corrected chi connectivity index (χ3v) is 6.71. The second-order valence-electron chi connectivity index (χ2n) is 9.26. The maximum absolute atomic E-state index is 9.79. The van der Waals surface area contributed by atoms with Crippen LogP contribution in [0, 0.1) is 0 Å². The Balaban J connectivity index is 0. The molecular formula is C26H57O6PZr. The molecule has 0 aliphatic heterocycles. The Morgan fingerprint density at radius 3 is 0.941 bits per heavy atom. The molecule has 0 saturated carbocycles. The molecule has 6 nitrogen and oxygen atoms in total. The molecule has 0 aromatic heterocycles. The zero-order valence-electron chi connectivity index (χ0n) is 22.5. The molecule has 34 heavy (non-hydrogen) atoms. The van der Waals surface area contributed by atoms with Crippen LogP contribution in [0.1, 0.15) is 155 Å². The van der Waals surface area contributed by atoms with Crippen LogP contribution in [-0.2, 0) is 34.5 Å². The topological polar surface area (TPSA) is 96.2 Å². The summed E-state index contributed by atoms with van der Waals surface area (Å²) in [5, 5.41) is 0. The van der Waals surface area contributed by atoms with E-state index < -0.39 is 31.2 Å². The first kappa shape index (κ1) is 37.1. The Labute approximate surface area is 222 Å². The number of hydrogen-bond acceptors (Lipinski definition) is 4. The summed E-state index contributed by atoms with van der Waals surface area (Å²) >= 11 is -3.79. The molecule has 0 saturated heterocycles. The molecule has 0 rings (SSSR count). The number of unbranched alkanes of at least 4 members (excludes halogenated alkanes) is 20. The van der Waals surface area contributed by atoms with E-state index in [-0.39, 0.29) is 0 Å². The van der Waals surface area contributed by atoms with Crippen molar-refractivity contribution in [2.24, 2.45) is 0 Å². The minimum atomic E-state index is -3.79. The monoisotopic (exact) mass is 586 g/mol. The minimum absolute atomic E-state index is 0.636. The van der Waals surface area contributed by atoms with Gasteiger partial charge in [-0.1, -0.05) is 142 Å². The second kappa shape index (κ2) is 33.9. The van der Waals surface area contributed by atoms with Gasteiger partial charge in [-0.3, -0.25) is 0 Å². The Hall–Kier alpha value is 0.913. The van der Waals surface area contributed by atoms with Crippen molar-refractivity contribution in [3.63, 3.8) is 0 Å². The van der Waals surface area contributed by atoms with E-state index in [0.29, 0.717) is 13.2 Å². The second-order valence-corrected chi connectivity index (χ2v) is 11.6. The summed E-state index contributed by atoms with van der Waals surface area (Å²) in [6.07, 6.45) is 29.3. The molecule has 0 aromatic carbocycles. The van der Waals surface area contributed by atoms with Crippen LogP contribution in [0.2, 0.25) is 0 Å². The van der Waals surface area contributed by atoms with E-state index in [4.69, 9.17) is 18.2 Å². The first-order chi connectivity index (χ1) is 16.5. The van der Waals surface area contributed by atoms with Crippen LogP contribution in [0.25, 0.3) is 0 Å². The van der Waals surface area contributed by atoms with Gasteiger partial charge < -0.3 is 13.9 Å². The molecule has 0 radical (unpaired) electrons. The molecular weight excluding hydrogens is 530 g/mol. The van der Waals surface area contributed by atoms with Crippen molar-refractivity contribution in [1.29, 1.82) is 0 Å². The van der Waals surface area contributed by atoms with Crippen molar-refractivity contribution in [1.82, 2.24) is 0 Å². The summed E-state index contributed by atoms with van der Waals surface area (Å²) in [6, 6.07) is 0. The van der Waals surface area contributed by atoms with Crippen LogP contribution in [0.5, 0.6) is 0 Å². The van der Waals surface area contributed by atoms with Crippen LogP contribution < -0.4 is 0 Å². The van der Waals surface area contributed by atoms with Crippen molar-refractivity contribution in [2.45, 2.75) is 155 Å². The maximum atomic E-state index is 9.79. The zero-order chi connectivity index (χ0) is 25.5. The number of hydrogen-bond donors (Lipinski definition) is 3. The molecule has 0 aliphatic carbocycles. The fraction of sp³-hybridized carbons (Fsp3) is 1.00. The summed E-state index contributed by atoms with van der Waals surface area (Å²) in [7, 11) is -1.66. The normalized spacial score (nSPS) is 11.0. The van der Waals surface area contributed by atoms with Crippen LogP contribution in [0.4, 0.5) is 0 Å². The standard InChI is InChI=1S/C26H55O3P.2H2O.O.Zr/c1-3-5-7-9-11-13-15-17-19-21-23-25-28-30(27)29-26-24-22-20-18-16-14-12-10-8-6-4-2;;;;/h27H,3-26H2,1-2H3;2*1H2;;/q;;;;+2/p-2. The SMILES string of the molecule is CCCCCCCCCCCCCOP(O)OCCCCCCCCCCCCC.[O]=[Zr]([OH])[OH]. The van der Waals surface area contributed by atoms with Gasteiger partial charge in [0.1, 0.15) is 0 Å². The van der Waals surface area contributed by atoms with E-state index >= 15 is 0 Å². The van der Waals surface area contributed by atoms with Crippen molar-refractivity contribution in [3.8, 4) is 0 Å². The average Bonchev–Trinajstić information content (AvgIpc) is 2.80. The van der Waals surface area contributed by atoms with Gasteiger partial charge in [-0.2, -0.15) is 0 Å². The summed E-state index contributed by atoms with van der Waals surface area (Å²) < 4.78 is 34.2. The van der Waals surface area contributed by atoms with E-state index in [9.17, 15) is 4.89 Å². The van der Waals surface area contributed by atoms with Gasteiger partial charge in [0.25, 0.3) is 0 Å². The van der Waals surface area contributed by atoms with E-state index in [1.165, 1.54) is 128 Å². The summed E-state index contributed by atoms with van der Waals surface area (Å²) in [4.78, 5) is 9.79. The van der Waals surface area contributed by atoms with Gasteiger partial charge in [0.05, 0.1) is 13.2 Å². The third kappa shape index (κ3) is 40.1. The van der Waals surface area contributed by atoms with Crippen molar-refractivity contribution in [2.75, 3.05) is 13.2 Å². The van der Waals surface area contributed by atoms with Crippen LogP contribution in [-0.4, -0.2) is 24.5 Å². The van der Waals surface area contributed by atoms with Crippen LogP contribution >= 0.6 is 8.60 Å². The molecule has 0 spiro atoms. The molecule has 0 fully saturated rings. The summed E-state index contributed by atoms with van der Waals surface area (Å²) in [6.45, 7) is 5.82. The van der Waals surface area contributed by atoms with Gasteiger partial charge in [0.2, 0.25) is 0 Å². The molecule has 3 N–H and O–H groups in total. The van der Waals surface area contributed by atoms with Gasteiger partial charge in [-0.25, -0.2) is 0 Å². The average molecular weight is 588 g/mol. The fourth-order valence-corrected chi connectivity index (χ4v) is 4.50. The third-order valence-electron chi connectivity index (χ3n) is 5.90. The molecule has 0 bridgehead atoms. The van der Waals surface area contributed by atoms with Crippen LogP contribution in [0.15, 0.2) is 0 Å². The van der Waals surface area contributed by atoms with Gasteiger partial charge in [-0.05, 0) is 12.8 Å². The first-order valence-corrected chi connectivity index (χ1v) is 18.5. The van der Waals surface area contributed by atoms with E-state index in [0.717, 1.165) is 12.8 Å². The van der Waals surface area contributed by atoms with E-state index in [2.05, 4.69) is 13.8 Å². The van der Waals surface area contributed by atoms with Crippen molar-refractivity contribution in [3.05, 3.63) is 0 Å². The Bertz CT molecular complexity index is 358. The predicted octanol–water partition coefficient (Wildman–Crippen LogP) is 8.63. The van der Waals surface area contributed by atoms with Crippen molar-refractivity contribution < 1.29 is 45.8 Å². The quantitative estimate of drug-likeness (QED) is 0.0692. The molecule has 0 unspecified atom stereocenters. The molecule has 0 amide bonds. The molecule has 206 valence electrons. The molecule has 0 heterocycles. The van der Waals surface area contributed by atoms with Gasteiger partial charge >= 0.3 is 40.4 Å². The van der Waals surface area contributed by atoms with E-state index in [1.807, 2.05) is 0 Å². The Morgan fingerprint density at radius 2 is 0.706 bits per heavy atom. The molecule has 0 aromatic rings. The Kier molecular flexibility index (Phi) is 37.0. The zero-order valence-corrected chi connectivity index (χ0v) is 25.8. The van der Waals surface area contributed by atoms with E-state index in [1.54, 1.807) is 0 Å². The first-order valence-electron chi connectivity index (χ1n) is 14.2. The summed E-state index contributed by atoms with van der Waals surface area (Å²) in [5.41, 5.74) is 0. The van der Waals surface area contributed by atoms with Gasteiger partial charge in [-0.15, -0.1) is 0 Å². The summed E-state index contributed by atoms with van der Waals surface area (Å²) in [5.74, 6) is 0. The van der Waals surface area contributed by atoms with Crippen LogP contribution in [0.3, 0.4) is 0 Å².